The van der Waals surface area contributed by atoms with Gasteiger partial charge in [0.25, 0.3) is 0 Å². The zero-order chi connectivity index (χ0) is 30.8. The van der Waals surface area contributed by atoms with Crippen molar-refractivity contribution in [2.45, 2.75) is 70.9 Å². The van der Waals surface area contributed by atoms with Crippen molar-refractivity contribution >= 4 is 39.7 Å². The van der Waals surface area contributed by atoms with Crippen molar-refractivity contribution in [3.8, 4) is 6.07 Å². The van der Waals surface area contributed by atoms with Crippen molar-refractivity contribution in [2.75, 3.05) is 13.1 Å². The number of fused-ring (bicyclic) bond motifs is 2. The Morgan fingerprint density at radius 3 is 2.39 bits per heavy atom. The summed E-state index contributed by atoms with van der Waals surface area (Å²) in [5.74, 6) is -0.473. The molecule has 2 saturated carbocycles. The Morgan fingerprint density at radius 2 is 1.90 bits per heavy atom. The van der Waals surface area contributed by atoms with Crippen molar-refractivity contribution in [1.82, 2.24) is 19.8 Å². The summed E-state index contributed by atoms with van der Waals surface area (Å²) in [5, 5.41) is 15.5. The van der Waals surface area contributed by atoms with Crippen LogP contribution in [0.3, 0.4) is 0 Å². The summed E-state index contributed by atoms with van der Waals surface area (Å²) in [6.45, 7) is 10.8. The first-order valence-electron chi connectivity index (χ1n) is 13.1. The summed E-state index contributed by atoms with van der Waals surface area (Å²) in [4.78, 5) is 33.7. The Balaban J connectivity index is 0.000000186. The normalized spacial score (nSPS) is 22.5. The zero-order valence-corrected chi connectivity index (χ0v) is 24.8. The van der Waals surface area contributed by atoms with Gasteiger partial charge in [0, 0.05) is 29.3 Å². The Labute approximate surface area is 244 Å². The number of nitrogens with one attached hydrogen (secondary N) is 1. The molecule has 0 bridgehead atoms. The van der Waals surface area contributed by atoms with Crippen molar-refractivity contribution < 1.29 is 32.3 Å². The molecule has 3 fully saturated rings. The fourth-order valence-corrected chi connectivity index (χ4v) is 5.59. The molecule has 0 spiro atoms. The number of aromatic nitrogens is 2. The number of carbonyl (C=O) groups is 3. The molecule has 1 saturated heterocycles. The third kappa shape index (κ3) is 7.97. The SMILES string of the molecule is C[C@H](CC(=O)N1CC2[C@@H](C1)C2(C)C)OC1(C)CC1.N#CC(NC=O)c1cnn2cccc(Br)c12.NC(=O)C(F)(F)F. The minimum atomic E-state index is -4.86. The Kier molecular flexibility index (Phi) is 9.75. The molecule has 224 valence electrons. The molecule has 41 heavy (non-hydrogen) atoms. The van der Waals surface area contributed by atoms with Crippen LogP contribution in [0.2, 0.25) is 0 Å². The molecule has 1 aliphatic heterocycles. The largest absolute Gasteiger partial charge is 0.470 e. The molecule has 5 rings (SSSR count). The maximum Gasteiger partial charge on any atom is 0.470 e. The highest BCUT2D eigenvalue weighted by atomic mass is 79.9. The maximum atomic E-state index is 12.2. The highest BCUT2D eigenvalue weighted by Gasteiger charge is 2.62. The lowest BCUT2D eigenvalue weighted by Crippen LogP contribution is -2.35. The standard InChI is InChI=1S/C15H25NO2.C10H7BrN4O.C2H2F3NO/c1-10(18-15(4)5-6-15)7-13(17)16-8-11-12(9-16)14(11,2)3;11-8-2-1-3-15-10(8)7(5-14-15)9(4-12)13-6-16;3-2(4,5)1(6)7/h10-12H,5-9H2,1-4H3;1-3,5-6,9H,(H,13,16);(H2,6,7)/t10-,11-,12?;;/m1../s1. The fraction of sp³-hybridized carbons (Fsp3) is 0.593. The number of nitrogens with two attached hydrogens (primary N) is 1. The van der Waals surface area contributed by atoms with Crippen LogP contribution in [0.1, 0.15) is 58.6 Å². The molecule has 0 aromatic carbocycles. The molecule has 2 aromatic rings. The number of nitriles is 1. The van der Waals surface area contributed by atoms with E-state index in [4.69, 9.17) is 14.8 Å². The molecule has 4 atom stereocenters. The molecule has 10 nitrogen and oxygen atoms in total. The molecule has 2 aromatic heterocycles. The average molecular weight is 644 g/mol. The second kappa shape index (κ2) is 12.4. The number of rotatable bonds is 7. The highest BCUT2D eigenvalue weighted by molar-refractivity contribution is 9.10. The van der Waals surface area contributed by atoms with E-state index in [0.29, 0.717) is 23.8 Å². The van der Waals surface area contributed by atoms with Crippen LogP contribution in [0.25, 0.3) is 5.52 Å². The number of nitrogens with zero attached hydrogens (tertiary/aromatic N) is 4. The summed E-state index contributed by atoms with van der Waals surface area (Å²) < 4.78 is 40.5. The summed E-state index contributed by atoms with van der Waals surface area (Å²) in [7, 11) is 0. The molecule has 2 unspecified atom stereocenters. The third-order valence-electron chi connectivity index (χ3n) is 7.85. The fourth-order valence-electron chi connectivity index (χ4n) is 5.03. The Bertz CT molecular complexity index is 1310. The van der Waals surface area contributed by atoms with E-state index in [1.807, 2.05) is 25.1 Å². The van der Waals surface area contributed by atoms with E-state index in [1.54, 1.807) is 16.9 Å². The van der Waals surface area contributed by atoms with Gasteiger partial charge in [-0.15, -0.1) is 0 Å². The number of hydrogen-bond donors (Lipinski definition) is 2. The molecule has 3 heterocycles. The first-order chi connectivity index (χ1) is 19.0. The number of pyridine rings is 1. The first kappa shape index (κ1) is 32.3. The van der Waals surface area contributed by atoms with Crippen molar-refractivity contribution in [3.05, 3.63) is 34.6 Å². The van der Waals surface area contributed by atoms with Gasteiger partial charge in [-0.05, 0) is 72.0 Å². The molecule has 2 aliphatic carbocycles. The van der Waals surface area contributed by atoms with Gasteiger partial charge in [-0.25, -0.2) is 4.52 Å². The van der Waals surface area contributed by atoms with Crippen molar-refractivity contribution in [1.29, 1.82) is 5.26 Å². The lowest BCUT2D eigenvalue weighted by molar-refractivity contribution is -0.169. The third-order valence-corrected chi connectivity index (χ3v) is 8.49. The summed E-state index contributed by atoms with van der Waals surface area (Å²) >= 11 is 3.39. The molecular weight excluding hydrogens is 609 g/mol. The van der Waals surface area contributed by atoms with E-state index in [9.17, 15) is 22.8 Å². The summed E-state index contributed by atoms with van der Waals surface area (Å²) in [6.07, 6.45) is 1.91. The number of amides is 3. The van der Waals surface area contributed by atoms with Crippen LogP contribution in [0.4, 0.5) is 13.2 Å². The summed E-state index contributed by atoms with van der Waals surface area (Å²) in [5.41, 5.74) is 5.82. The molecule has 3 amide bonds. The van der Waals surface area contributed by atoms with Gasteiger partial charge in [0.1, 0.15) is 6.04 Å². The van der Waals surface area contributed by atoms with Gasteiger partial charge in [-0.3, -0.25) is 14.4 Å². The van der Waals surface area contributed by atoms with Crippen LogP contribution >= 0.6 is 15.9 Å². The van der Waals surface area contributed by atoms with Crippen LogP contribution in [0.5, 0.6) is 0 Å². The predicted molar refractivity (Wildman–Crippen MR) is 146 cm³/mol. The Morgan fingerprint density at radius 1 is 1.32 bits per heavy atom. The number of ether oxygens (including phenoxy) is 1. The van der Waals surface area contributed by atoms with Crippen LogP contribution in [0.15, 0.2) is 29.0 Å². The summed E-state index contributed by atoms with van der Waals surface area (Å²) in [6, 6.07) is 5.01. The van der Waals surface area contributed by atoms with E-state index in [-0.39, 0.29) is 17.6 Å². The van der Waals surface area contributed by atoms with E-state index < -0.39 is 18.1 Å². The van der Waals surface area contributed by atoms with Crippen molar-refractivity contribution in [2.24, 2.45) is 23.0 Å². The van der Waals surface area contributed by atoms with Gasteiger partial charge < -0.3 is 20.7 Å². The first-order valence-corrected chi connectivity index (χ1v) is 13.9. The highest BCUT2D eigenvalue weighted by Crippen LogP contribution is 2.62. The van der Waals surface area contributed by atoms with Gasteiger partial charge in [-0.1, -0.05) is 13.8 Å². The zero-order valence-electron chi connectivity index (χ0n) is 23.2. The Hall–Kier alpha value is -3.18. The van der Waals surface area contributed by atoms with E-state index in [2.05, 4.69) is 57.8 Å². The number of primary amides is 1. The molecule has 0 radical (unpaired) electrons. The van der Waals surface area contributed by atoms with Crippen LogP contribution in [-0.4, -0.2) is 63.7 Å². The van der Waals surface area contributed by atoms with E-state index >= 15 is 0 Å². The predicted octanol–water partition coefficient (Wildman–Crippen LogP) is 3.89. The van der Waals surface area contributed by atoms with Crippen molar-refractivity contribution in [3.63, 3.8) is 0 Å². The molecular formula is C27H34BrF3N6O4. The average Bonchev–Trinajstić information content (AvgIpc) is 3.49. The molecule has 3 N–H and O–H groups in total. The van der Waals surface area contributed by atoms with Crippen LogP contribution < -0.4 is 11.1 Å². The van der Waals surface area contributed by atoms with Gasteiger partial charge in [0.05, 0.1) is 35.9 Å². The number of halogens is 4. The number of carbonyl (C=O) groups excluding carboxylic acids is 3. The van der Waals surface area contributed by atoms with Gasteiger partial charge in [0.15, 0.2) is 0 Å². The minimum Gasteiger partial charge on any atom is -0.372 e. The monoisotopic (exact) mass is 642 g/mol. The number of hydrogen-bond acceptors (Lipinski definition) is 6. The molecule has 14 heteroatoms. The maximum absolute atomic E-state index is 12.2. The van der Waals surface area contributed by atoms with Gasteiger partial charge in [0.2, 0.25) is 12.3 Å². The van der Waals surface area contributed by atoms with Crippen LogP contribution in [0, 0.1) is 28.6 Å². The van der Waals surface area contributed by atoms with Crippen LogP contribution in [-0.2, 0) is 19.1 Å². The van der Waals surface area contributed by atoms with E-state index in [0.717, 1.165) is 47.8 Å². The molecule has 3 aliphatic rings. The minimum absolute atomic E-state index is 0.0648. The lowest BCUT2D eigenvalue weighted by Gasteiger charge is -2.25. The number of alkyl halides is 3. The van der Waals surface area contributed by atoms with E-state index in [1.165, 1.54) is 0 Å². The lowest BCUT2D eigenvalue weighted by atomic mass is 10.1. The van der Waals surface area contributed by atoms with Gasteiger partial charge in [-0.2, -0.15) is 23.5 Å². The number of piperidine rings is 1. The van der Waals surface area contributed by atoms with Gasteiger partial charge >= 0.3 is 12.1 Å². The smallest absolute Gasteiger partial charge is 0.372 e. The topological polar surface area (TPSA) is 143 Å². The quantitative estimate of drug-likeness (QED) is 0.439. The second-order valence-electron chi connectivity index (χ2n) is 11.4. The second-order valence-corrected chi connectivity index (χ2v) is 12.2. The number of likely N-dealkylation sites (tertiary alicyclic amines) is 1.